The molecule has 2 aromatic rings. The van der Waals surface area contributed by atoms with Crippen LogP contribution in [0.15, 0.2) is 41.3 Å². The lowest BCUT2D eigenvalue weighted by atomic mass is 10.2. The summed E-state index contributed by atoms with van der Waals surface area (Å²) in [6, 6.07) is 8.77. The summed E-state index contributed by atoms with van der Waals surface area (Å²) in [5, 5.41) is 10.9. The molecule has 8 heteroatoms. The molecule has 0 aromatic heterocycles. The van der Waals surface area contributed by atoms with Gasteiger partial charge in [0, 0.05) is 12.1 Å². The van der Waals surface area contributed by atoms with E-state index in [0.29, 0.717) is 5.56 Å². The van der Waals surface area contributed by atoms with Crippen molar-refractivity contribution in [3.63, 3.8) is 0 Å². The van der Waals surface area contributed by atoms with Gasteiger partial charge in [0.25, 0.3) is 15.7 Å². The van der Waals surface area contributed by atoms with Crippen LogP contribution in [-0.4, -0.2) is 20.5 Å². The van der Waals surface area contributed by atoms with Crippen molar-refractivity contribution in [2.75, 3.05) is 11.8 Å². The lowest BCUT2D eigenvalue weighted by Crippen LogP contribution is -2.15. The van der Waals surface area contributed by atoms with Crippen molar-refractivity contribution in [1.29, 1.82) is 0 Å². The van der Waals surface area contributed by atoms with E-state index < -0.39 is 14.9 Å². The summed E-state index contributed by atoms with van der Waals surface area (Å²) in [5.41, 5.74) is 1.15. The molecule has 0 heterocycles. The number of ether oxygens (including phenoxy) is 1. The molecule has 0 radical (unpaired) electrons. The third-order valence-corrected chi connectivity index (χ3v) is 4.78. The zero-order valence-corrected chi connectivity index (χ0v) is 13.7. The molecule has 0 amide bonds. The fraction of sp³-hybridized carbons (Fsp3) is 0.200. The number of rotatable bonds is 5. The summed E-state index contributed by atoms with van der Waals surface area (Å²) in [7, 11) is -2.54. The van der Waals surface area contributed by atoms with E-state index in [-0.39, 0.29) is 22.0 Å². The van der Waals surface area contributed by atoms with Crippen molar-refractivity contribution in [3.05, 3.63) is 57.6 Å². The Labute approximate surface area is 134 Å². The molecular formula is C15H16N2O5S. The number of nitro benzene ring substituents is 1. The van der Waals surface area contributed by atoms with Crippen molar-refractivity contribution in [1.82, 2.24) is 0 Å². The first-order valence-electron chi connectivity index (χ1n) is 6.67. The minimum atomic E-state index is -3.89. The van der Waals surface area contributed by atoms with Crippen LogP contribution in [0.25, 0.3) is 0 Å². The van der Waals surface area contributed by atoms with E-state index in [9.17, 15) is 18.5 Å². The van der Waals surface area contributed by atoms with Gasteiger partial charge in [0.05, 0.1) is 22.6 Å². The number of methoxy groups -OCH3 is 1. The maximum Gasteiger partial charge on any atom is 0.271 e. The molecule has 0 aliphatic heterocycles. The van der Waals surface area contributed by atoms with Gasteiger partial charge in [-0.2, -0.15) is 0 Å². The topological polar surface area (TPSA) is 98.5 Å². The van der Waals surface area contributed by atoms with Crippen molar-refractivity contribution in [2.45, 2.75) is 18.7 Å². The second kappa shape index (κ2) is 6.25. The molecule has 0 spiro atoms. The number of hydrogen-bond donors (Lipinski definition) is 1. The smallest absolute Gasteiger partial charge is 0.271 e. The van der Waals surface area contributed by atoms with E-state index >= 15 is 0 Å². The first-order valence-corrected chi connectivity index (χ1v) is 8.15. The SMILES string of the molecule is COc1ccc([N+](=O)[O-])cc1NS(=O)(=O)c1cc(C)ccc1C. The number of nitrogens with one attached hydrogen (secondary N) is 1. The van der Waals surface area contributed by atoms with Crippen LogP contribution in [0.5, 0.6) is 5.75 Å². The molecule has 1 N–H and O–H groups in total. The molecule has 0 bridgehead atoms. The predicted octanol–water partition coefficient (Wildman–Crippen LogP) is 3.02. The van der Waals surface area contributed by atoms with Crippen LogP contribution in [0.4, 0.5) is 11.4 Å². The summed E-state index contributed by atoms with van der Waals surface area (Å²) in [4.78, 5) is 10.4. The minimum Gasteiger partial charge on any atom is -0.495 e. The van der Waals surface area contributed by atoms with Crippen LogP contribution >= 0.6 is 0 Å². The van der Waals surface area contributed by atoms with Gasteiger partial charge in [0.15, 0.2) is 0 Å². The maximum atomic E-state index is 12.6. The van der Waals surface area contributed by atoms with Crippen molar-refractivity contribution < 1.29 is 18.1 Å². The molecule has 0 aliphatic rings. The monoisotopic (exact) mass is 336 g/mol. The summed E-state index contributed by atoms with van der Waals surface area (Å²) in [6.07, 6.45) is 0. The number of non-ortho nitro benzene ring substituents is 1. The van der Waals surface area contributed by atoms with Crippen LogP contribution in [-0.2, 0) is 10.0 Å². The fourth-order valence-corrected chi connectivity index (χ4v) is 3.48. The van der Waals surface area contributed by atoms with E-state index in [1.165, 1.54) is 19.2 Å². The molecule has 0 fully saturated rings. The Kier molecular flexibility index (Phi) is 4.55. The summed E-state index contributed by atoms with van der Waals surface area (Å²) < 4.78 is 32.6. The Balaban J connectivity index is 2.50. The van der Waals surface area contributed by atoms with E-state index in [0.717, 1.165) is 11.6 Å². The van der Waals surface area contributed by atoms with E-state index in [1.807, 2.05) is 6.07 Å². The molecule has 0 saturated carbocycles. The minimum absolute atomic E-state index is 0.0163. The number of hydrogen-bond acceptors (Lipinski definition) is 5. The number of benzene rings is 2. The molecule has 2 aromatic carbocycles. The van der Waals surface area contributed by atoms with Crippen LogP contribution < -0.4 is 9.46 Å². The highest BCUT2D eigenvalue weighted by Crippen LogP contribution is 2.31. The highest BCUT2D eigenvalue weighted by molar-refractivity contribution is 7.92. The Hall–Kier alpha value is -2.61. The molecule has 0 aliphatic carbocycles. The normalized spacial score (nSPS) is 11.1. The Morgan fingerprint density at radius 1 is 1.13 bits per heavy atom. The van der Waals surface area contributed by atoms with E-state index in [1.54, 1.807) is 26.0 Å². The fourth-order valence-electron chi connectivity index (χ4n) is 2.09. The highest BCUT2D eigenvalue weighted by Gasteiger charge is 2.21. The van der Waals surface area contributed by atoms with Crippen LogP contribution in [0.2, 0.25) is 0 Å². The van der Waals surface area contributed by atoms with Gasteiger partial charge in [-0.15, -0.1) is 0 Å². The molecule has 23 heavy (non-hydrogen) atoms. The third-order valence-electron chi connectivity index (χ3n) is 3.27. The van der Waals surface area contributed by atoms with Gasteiger partial charge in [-0.3, -0.25) is 14.8 Å². The molecule has 0 saturated heterocycles. The zero-order valence-electron chi connectivity index (χ0n) is 12.9. The Bertz CT molecular complexity index is 862. The number of sulfonamides is 1. The molecule has 122 valence electrons. The van der Waals surface area contributed by atoms with E-state index in [4.69, 9.17) is 4.74 Å². The van der Waals surface area contributed by atoms with Crippen molar-refractivity contribution >= 4 is 21.4 Å². The summed E-state index contributed by atoms with van der Waals surface area (Å²) in [5.74, 6) is 0.199. The van der Waals surface area contributed by atoms with Gasteiger partial charge in [-0.05, 0) is 37.1 Å². The van der Waals surface area contributed by atoms with Gasteiger partial charge in [0.1, 0.15) is 5.75 Å². The second-order valence-corrected chi connectivity index (χ2v) is 6.67. The van der Waals surface area contributed by atoms with Crippen molar-refractivity contribution in [3.8, 4) is 5.75 Å². The first-order chi connectivity index (χ1) is 10.7. The average molecular weight is 336 g/mol. The van der Waals surface area contributed by atoms with Gasteiger partial charge >= 0.3 is 0 Å². The maximum absolute atomic E-state index is 12.6. The summed E-state index contributed by atoms with van der Waals surface area (Å²) in [6.45, 7) is 3.46. The molecule has 2 rings (SSSR count). The quantitative estimate of drug-likeness (QED) is 0.668. The number of nitro groups is 1. The van der Waals surface area contributed by atoms with Gasteiger partial charge in [-0.25, -0.2) is 8.42 Å². The predicted molar refractivity (Wildman–Crippen MR) is 86.4 cm³/mol. The molecule has 7 nitrogen and oxygen atoms in total. The lowest BCUT2D eigenvalue weighted by Gasteiger charge is -2.13. The van der Waals surface area contributed by atoms with Crippen LogP contribution in [0, 0.1) is 24.0 Å². The first kappa shape index (κ1) is 16.8. The van der Waals surface area contributed by atoms with Gasteiger partial charge in [-0.1, -0.05) is 12.1 Å². The molecule has 0 unspecified atom stereocenters. The Morgan fingerprint density at radius 2 is 1.83 bits per heavy atom. The van der Waals surface area contributed by atoms with Gasteiger partial charge in [0.2, 0.25) is 0 Å². The van der Waals surface area contributed by atoms with Crippen LogP contribution in [0.1, 0.15) is 11.1 Å². The van der Waals surface area contributed by atoms with Gasteiger partial charge < -0.3 is 4.74 Å². The van der Waals surface area contributed by atoms with E-state index in [2.05, 4.69) is 4.72 Å². The third kappa shape index (κ3) is 3.59. The largest absolute Gasteiger partial charge is 0.495 e. The number of nitrogens with zero attached hydrogens (tertiary/aromatic N) is 1. The average Bonchev–Trinajstić information content (AvgIpc) is 2.49. The Morgan fingerprint density at radius 3 is 2.43 bits per heavy atom. The standard InChI is InChI=1S/C15H16N2O5S/c1-10-4-5-11(2)15(8-10)23(20,21)16-13-9-12(17(18)19)6-7-14(13)22-3/h4-9,16H,1-3H3. The van der Waals surface area contributed by atoms with Crippen molar-refractivity contribution in [2.24, 2.45) is 0 Å². The molecule has 0 atom stereocenters. The number of aryl methyl sites for hydroxylation is 2. The van der Waals surface area contributed by atoms with Crippen LogP contribution in [0.3, 0.4) is 0 Å². The zero-order chi connectivity index (χ0) is 17.2. The molecular weight excluding hydrogens is 320 g/mol. The lowest BCUT2D eigenvalue weighted by molar-refractivity contribution is -0.384. The summed E-state index contributed by atoms with van der Waals surface area (Å²) >= 11 is 0. The highest BCUT2D eigenvalue weighted by atomic mass is 32.2. The number of anilines is 1. The second-order valence-electron chi connectivity index (χ2n) is 5.02.